The van der Waals surface area contributed by atoms with Gasteiger partial charge < -0.3 is 4.74 Å². The average molecular weight is 299 g/mol. The third kappa shape index (κ3) is 3.59. The normalized spacial score (nSPS) is 10.1. The molecule has 112 valence electrons. The summed E-state index contributed by atoms with van der Waals surface area (Å²) in [6.07, 6.45) is 7.30. The average Bonchev–Trinajstić information content (AvgIpc) is 2.62. The Morgan fingerprint density at radius 2 is 1.87 bits per heavy atom. The first-order valence-electron chi connectivity index (χ1n) is 7.46. The molecule has 0 fully saturated rings. The highest BCUT2D eigenvalue weighted by molar-refractivity contribution is 5.68. The largest absolute Gasteiger partial charge is 0.473 e. The van der Waals surface area contributed by atoms with Crippen molar-refractivity contribution in [3.8, 4) is 29.4 Å². The highest BCUT2D eigenvalue weighted by Gasteiger charge is 2.04. The Labute approximate surface area is 136 Å². The molecule has 2 aromatic carbocycles. The van der Waals surface area contributed by atoms with E-state index in [-0.39, 0.29) is 0 Å². The van der Waals surface area contributed by atoms with E-state index in [9.17, 15) is 0 Å². The summed E-state index contributed by atoms with van der Waals surface area (Å²) >= 11 is 0. The van der Waals surface area contributed by atoms with Gasteiger partial charge in [-0.25, -0.2) is 4.98 Å². The molecule has 0 N–H and O–H groups in total. The second-order valence-electron chi connectivity index (χ2n) is 5.33. The Bertz CT molecular complexity index is 830. The number of rotatable bonds is 4. The molecule has 0 aliphatic rings. The molecule has 1 heterocycles. The molecular formula is C21H17NO. The van der Waals surface area contributed by atoms with Crippen molar-refractivity contribution < 1.29 is 4.74 Å². The van der Waals surface area contributed by atoms with Crippen molar-refractivity contribution in [1.29, 1.82) is 0 Å². The lowest BCUT2D eigenvalue weighted by Gasteiger charge is -2.09. The van der Waals surface area contributed by atoms with Crippen molar-refractivity contribution in [3.63, 3.8) is 0 Å². The zero-order valence-corrected chi connectivity index (χ0v) is 13.0. The summed E-state index contributed by atoms with van der Waals surface area (Å²) in [6, 6.07) is 19.9. The molecule has 2 heteroatoms. The smallest absolute Gasteiger partial charge is 0.213 e. The molecule has 0 amide bonds. The molecule has 0 saturated carbocycles. The lowest BCUT2D eigenvalue weighted by atomic mass is 10.00. The minimum Gasteiger partial charge on any atom is -0.473 e. The van der Waals surface area contributed by atoms with Crippen molar-refractivity contribution in [2.45, 2.75) is 13.5 Å². The topological polar surface area (TPSA) is 22.1 Å². The van der Waals surface area contributed by atoms with Gasteiger partial charge in [0.25, 0.3) is 0 Å². The maximum atomic E-state index is 5.71. The van der Waals surface area contributed by atoms with Crippen LogP contribution in [0.15, 0.2) is 66.9 Å². The maximum absolute atomic E-state index is 5.71. The summed E-state index contributed by atoms with van der Waals surface area (Å²) < 4.78 is 5.71. The predicted octanol–water partition coefficient (Wildman–Crippen LogP) is 4.62. The van der Waals surface area contributed by atoms with Crippen LogP contribution in [0.25, 0.3) is 11.1 Å². The van der Waals surface area contributed by atoms with Crippen LogP contribution in [0.2, 0.25) is 0 Å². The first kappa shape index (κ1) is 14.9. The second kappa shape index (κ2) is 6.81. The van der Waals surface area contributed by atoms with Crippen LogP contribution in [0.1, 0.15) is 16.7 Å². The van der Waals surface area contributed by atoms with Gasteiger partial charge in [-0.3, -0.25) is 0 Å². The van der Waals surface area contributed by atoms with E-state index in [2.05, 4.69) is 17.8 Å². The van der Waals surface area contributed by atoms with Crippen molar-refractivity contribution in [2.75, 3.05) is 0 Å². The van der Waals surface area contributed by atoms with E-state index in [1.54, 1.807) is 0 Å². The summed E-state index contributed by atoms with van der Waals surface area (Å²) in [7, 11) is 0. The highest BCUT2D eigenvalue weighted by atomic mass is 16.5. The Morgan fingerprint density at radius 1 is 1.04 bits per heavy atom. The SMILES string of the molecule is C#Cc1ccc(C)c(-c2ccc(OCc3ccccc3)nc2)c1. The number of benzene rings is 2. The van der Waals surface area contributed by atoms with Gasteiger partial charge in [-0.05, 0) is 41.8 Å². The van der Waals surface area contributed by atoms with E-state index in [0.29, 0.717) is 12.5 Å². The van der Waals surface area contributed by atoms with Gasteiger partial charge >= 0.3 is 0 Å². The Morgan fingerprint density at radius 3 is 2.57 bits per heavy atom. The fourth-order valence-corrected chi connectivity index (χ4v) is 2.38. The number of hydrogen-bond acceptors (Lipinski definition) is 2. The zero-order chi connectivity index (χ0) is 16.1. The number of aryl methyl sites for hydroxylation is 1. The van der Waals surface area contributed by atoms with Crippen LogP contribution in [0, 0.1) is 19.3 Å². The van der Waals surface area contributed by atoms with Gasteiger partial charge in [0.05, 0.1) is 0 Å². The molecule has 0 saturated heterocycles. The van der Waals surface area contributed by atoms with Crippen LogP contribution >= 0.6 is 0 Å². The second-order valence-corrected chi connectivity index (χ2v) is 5.33. The van der Waals surface area contributed by atoms with Crippen LogP contribution in [-0.2, 0) is 6.61 Å². The van der Waals surface area contributed by atoms with Gasteiger partial charge in [0, 0.05) is 23.4 Å². The van der Waals surface area contributed by atoms with E-state index < -0.39 is 0 Å². The van der Waals surface area contributed by atoms with Gasteiger partial charge in [0.2, 0.25) is 5.88 Å². The summed E-state index contributed by atoms with van der Waals surface area (Å²) in [5.41, 5.74) is 5.30. The standard InChI is InChI=1S/C21H17NO/c1-3-17-10-9-16(2)20(13-17)19-11-12-21(22-14-19)23-15-18-7-5-4-6-8-18/h1,4-14H,15H2,2H3. The number of terminal acetylenes is 1. The molecular weight excluding hydrogens is 282 g/mol. The van der Waals surface area contributed by atoms with Crippen LogP contribution in [0.3, 0.4) is 0 Å². The molecule has 23 heavy (non-hydrogen) atoms. The van der Waals surface area contributed by atoms with Crippen molar-refractivity contribution >= 4 is 0 Å². The molecule has 1 aromatic heterocycles. The number of aromatic nitrogens is 1. The van der Waals surface area contributed by atoms with Gasteiger partial charge in [-0.1, -0.05) is 42.3 Å². The van der Waals surface area contributed by atoms with Crippen LogP contribution in [0.4, 0.5) is 0 Å². The molecule has 0 radical (unpaired) electrons. The Balaban J connectivity index is 1.76. The Kier molecular flexibility index (Phi) is 4.40. The lowest BCUT2D eigenvalue weighted by Crippen LogP contribution is -1.97. The first-order valence-corrected chi connectivity index (χ1v) is 7.46. The molecule has 0 spiro atoms. The van der Waals surface area contributed by atoms with Crippen molar-refractivity contribution in [1.82, 2.24) is 4.98 Å². The highest BCUT2D eigenvalue weighted by Crippen LogP contribution is 2.25. The van der Waals surface area contributed by atoms with Gasteiger partial charge in [0.1, 0.15) is 6.61 Å². The molecule has 3 rings (SSSR count). The predicted molar refractivity (Wildman–Crippen MR) is 93.1 cm³/mol. The summed E-state index contributed by atoms with van der Waals surface area (Å²) in [6.45, 7) is 2.58. The monoisotopic (exact) mass is 299 g/mol. The first-order chi connectivity index (χ1) is 11.3. The van der Waals surface area contributed by atoms with Crippen molar-refractivity contribution in [3.05, 3.63) is 83.6 Å². The summed E-state index contributed by atoms with van der Waals surface area (Å²) in [5.74, 6) is 3.28. The fourth-order valence-electron chi connectivity index (χ4n) is 2.38. The number of hydrogen-bond donors (Lipinski definition) is 0. The van der Waals surface area contributed by atoms with E-state index in [1.165, 1.54) is 5.56 Å². The maximum Gasteiger partial charge on any atom is 0.213 e. The molecule has 3 aromatic rings. The van der Waals surface area contributed by atoms with Crippen molar-refractivity contribution in [2.24, 2.45) is 0 Å². The van der Waals surface area contributed by atoms with Gasteiger partial charge in [0.15, 0.2) is 0 Å². The third-order valence-electron chi connectivity index (χ3n) is 3.68. The van der Waals surface area contributed by atoms with E-state index in [0.717, 1.165) is 22.3 Å². The number of ether oxygens (including phenoxy) is 1. The van der Waals surface area contributed by atoms with Crippen LogP contribution in [-0.4, -0.2) is 4.98 Å². The molecule has 0 aliphatic heterocycles. The quantitative estimate of drug-likeness (QED) is 0.656. The molecule has 2 nitrogen and oxygen atoms in total. The number of pyridine rings is 1. The van der Waals surface area contributed by atoms with Gasteiger partial charge in [-0.2, -0.15) is 0 Å². The minimum absolute atomic E-state index is 0.513. The summed E-state index contributed by atoms with van der Waals surface area (Å²) in [4.78, 5) is 4.39. The molecule has 0 unspecified atom stereocenters. The third-order valence-corrected chi connectivity index (χ3v) is 3.68. The van der Waals surface area contributed by atoms with E-state index >= 15 is 0 Å². The van der Waals surface area contributed by atoms with Gasteiger partial charge in [-0.15, -0.1) is 6.42 Å². The molecule has 0 aliphatic carbocycles. The number of nitrogens with zero attached hydrogens (tertiary/aromatic N) is 1. The Hall–Kier alpha value is -3.05. The summed E-state index contributed by atoms with van der Waals surface area (Å²) in [5, 5.41) is 0. The molecule has 0 atom stereocenters. The molecule has 0 bridgehead atoms. The lowest BCUT2D eigenvalue weighted by molar-refractivity contribution is 0.294. The fraction of sp³-hybridized carbons (Fsp3) is 0.0952. The van der Waals surface area contributed by atoms with E-state index in [1.807, 2.05) is 66.9 Å². The van der Waals surface area contributed by atoms with E-state index in [4.69, 9.17) is 11.2 Å². The zero-order valence-electron chi connectivity index (χ0n) is 13.0. The van der Waals surface area contributed by atoms with Crippen LogP contribution < -0.4 is 4.74 Å². The van der Waals surface area contributed by atoms with Crippen LogP contribution in [0.5, 0.6) is 5.88 Å². The minimum atomic E-state index is 0.513.